The van der Waals surface area contributed by atoms with Crippen LogP contribution in [-0.2, 0) is 6.54 Å². The molecule has 8 nitrogen and oxygen atoms in total. The Balaban J connectivity index is 1.50. The van der Waals surface area contributed by atoms with E-state index in [-0.39, 0.29) is 30.4 Å². The summed E-state index contributed by atoms with van der Waals surface area (Å²) in [6.45, 7) is 4.36. The molecule has 4 aromatic rings. The van der Waals surface area contributed by atoms with Crippen LogP contribution in [0.4, 0.5) is 0 Å². The maximum atomic E-state index is 13.7. The number of benzene rings is 3. The van der Waals surface area contributed by atoms with Crippen LogP contribution in [0.3, 0.4) is 0 Å². The zero-order valence-corrected chi connectivity index (χ0v) is 20.1. The molecule has 3 aromatic carbocycles. The summed E-state index contributed by atoms with van der Waals surface area (Å²) < 4.78 is 28.2. The van der Waals surface area contributed by atoms with Crippen molar-refractivity contribution in [3.8, 4) is 23.0 Å². The summed E-state index contributed by atoms with van der Waals surface area (Å²) in [6, 6.07) is 17.1. The van der Waals surface area contributed by atoms with E-state index in [9.17, 15) is 9.59 Å². The first-order valence-corrected chi connectivity index (χ1v) is 11.8. The second-order valence-corrected chi connectivity index (χ2v) is 8.70. The van der Waals surface area contributed by atoms with Crippen LogP contribution in [0.5, 0.6) is 23.0 Å². The lowest BCUT2D eigenvalue weighted by Crippen LogP contribution is -2.29. The van der Waals surface area contributed by atoms with Crippen LogP contribution in [0.15, 0.2) is 82.5 Å². The Morgan fingerprint density at radius 2 is 1.86 bits per heavy atom. The molecule has 0 N–H and O–H groups in total. The van der Waals surface area contributed by atoms with E-state index in [0.717, 1.165) is 5.56 Å². The maximum absolute atomic E-state index is 13.7. The molecule has 0 unspecified atom stereocenters. The molecule has 6 rings (SSSR count). The molecule has 2 aliphatic heterocycles. The molecule has 2 aliphatic rings. The minimum absolute atomic E-state index is 0.0420. The summed E-state index contributed by atoms with van der Waals surface area (Å²) >= 11 is 0. The van der Waals surface area contributed by atoms with Crippen LogP contribution in [0.25, 0.3) is 11.0 Å². The van der Waals surface area contributed by atoms with Gasteiger partial charge < -0.3 is 28.3 Å². The molecular formula is C29H23NO7. The number of carbonyl (C=O) groups excluding carboxylic acids is 1. The SMILES string of the molecule is C=CCOc1ccc([C@@H]2c3c(oc4ccccc4c3=O)C(=O)N2Cc2ccc3c(c2)OCO3)cc1OC. The van der Waals surface area contributed by atoms with Gasteiger partial charge in [-0.1, -0.05) is 36.9 Å². The number of carbonyl (C=O) groups is 1. The molecule has 3 heterocycles. The number of ether oxygens (including phenoxy) is 4. The predicted molar refractivity (Wildman–Crippen MR) is 135 cm³/mol. The summed E-state index contributed by atoms with van der Waals surface area (Å²) in [7, 11) is 1.54. The largest absolute Gasteiger partial charge is 0.493 e. The summed E-state index contributed by atoms with van der Waals surface area (Å²) in [5.41, 5.74) is 1.94. The number of hydrogen-bond acceptors (Lipinski definition) is 7. The Bertz CT molecular complexity index is 1610. The quantitative estimate of drug-likeness (QED) is 0.338. The summed E-state index contributed by atoms with van der Waals surface area (Å²) in [5, 5.41) is 0.418. The summed E-state index contributed by atoms with van der Waals surface area (Å²) in [4.78, 5) is 29.1. The summed E-state index contributed by atoms with van der Waals surface area (Å²) in [5.74, 6) is 1.95. The van der Waals surface area contributed by atoms with Crippen molar-refractivity contribution in [2.75, 3.05) is 20.5 Å². The maximum Gasteiger partial charge on any atom is 0.291 e. The molecular weight excluding hydrogens is 474 g/mol. The van der Waals surface area contributed by atoms with Crippen molar-refractivity contribution in [2.24, 2.45) is 0 Å². The molecule has 37 heavy (non-hydrogen) atoms. The lowest BCUT2D eigenvalue weighted by atomic mass is 9.97. The van der Waals surface area contributed by atoms with Gasteiger partial charge in [-0.25, -0.2) is 0 Å². The molecule has 0 saturated heterocycles. The Labute approximate surface area is 212 Å². The van der Waals surface area contributed by atoms with Crippen LogP contribution in [-0.4, -0.2) is 31.3 Å². The minimum atomic E-state index is -0.698. The van der Waals surface area contributed by atoms with E-state index in [0.29, 0.717) is 51.7 Å². The van der Waals surface area contributed by atoms with Gasteiger partial charge in [-0.3, -0.25) is 9.59 Å². The molecule has 1 aromatic heterocycles. The number of methoxy groups -OCH3 is 1. The third-order valence-electron chi connectivity index (χ3n) is 6.52. The Hall–Kier alpha value is -4.72. The highest BCUT2D eigenvalue weighted by atomic mass is 16.7. The highest BCUT2D eigenvalue weighted by Crippen LogP contribution is 2.42. The zero-order valence-electron chi connectivity index (χ0n) is 20.1. The average molecular weight is 498 g/mol. The smallest absolute Gasteiger partial charge is 0.291 e. The van der Waals surface area contributed by atoms with Crippen molar-refractivity contribution >= 4 is 16.9 Å². The molecule has 0 fully saturated rings. The highest BCUT2D eigenvalue weighted by molar-refractivity contribution is 5.99. The van der Waals surface area contributed by atoms with Crippen molar-refractivity contribution in [3.63, 3.8) is 0 Å². The first kappa shape index (κ1) is 22.7. The van der Waals surface area contributed by atoms with E-state index < -0.39 is 6.04 Å². The molecule has 186 valence electrons. The van der Waals surface area contributed by atoms with Crippen molar-refractivity contribution in [1.29, 1.82) is 0 Å². The molecule has 0 saturated carbocycles. The standard InChI is InChI=1S/C29H23NO7/c1-3-12-34-21-11-9-18(14-23(21)33-2)26-25-27(31)19-6-4-5-7-20(19)37-28(25)29(32)30(26)15-17-8-10-22-24(13-17)36-16-35-22/h3-11,13-14,26H,1,12,15-16H2,2H3/t26-/m1/s1. The van der Waals surface area contributed by atoms with Gasteiger partial charge in [-0.15, -0.1) is 0 Å². The van der Waals surface area contributed by atoms with Crippen LogP contribution < -0.4 is 24.4 Å². The first-order chi connectivity index (χ1) is 18.1. The minimum Gasteiger partial charge on any atom is -0.493 e. The van der Waals surface area contributed by atoms with Crippen LogP contribution in [0, 0.1) is 0 Å². The van der Waals surface area contributed by atoms with Gasteiger partial charge in [0.05, 0.1) is 24.1 Å². The Morgan fingerprint density at radius 3 is 2.70 bits per heavy atom. The lowest BCUT2D eigenvalue weighted by Gasteiger charge is -2.26. The van der Waals surface area contributed by atoms with E-state index in [1.165, 1.54) is 0 Å². The van der Waals surface area contributed by atoms with Gasteiger partial charge in [-0.2, -0.15) is 0 Å². The number of fused-ring (bicyclic) bond motifs is 3. The second-order valence-electron chi connectivity index (χ2n) is 8.70. The van der Waals surface area contributed by atoms with E-state index >= 15 is 0 Å². The lowest BCUT2D eigenvalue weighted by molar-refractivity contribution is 0.0714. The molecule has 0 bridgehead atoms. The van der Waals surface area contributed by atoms with Crippen molar-refractivity contribution in [2.45, 2.75) is 12.6 Å². The van der Waals surface area contributed by atoms with Gasteiger partial charge in [0, 0.05) is 6.54 Å². The topological polar surface area (TPSA) is 87.4 Å². The number of nitrogens with zero attached hydrogens (tertiary/aromatic N) is 1. The monoisotopic (exact) mass is 497 g/mol. The molecule has 0 aliphatic carbocycles. The second kappa shape index (κ2) is 9.05. The predicted octanol–water partition coefficient (Wildman–Crippen LogP) is 4.84. The third kappa shape index (κ3) is 3.78. The normalized spacial score (nSPS) is 15.6. The highest BCUT2D eigenvalue weighted by Gasteiger charge is 2.43. The van der Waals surface area contributed by atoms with Crippen LogP contribution in [0.1, 0.15) is 33.3 Å². The van der Waals surface area contributed by atoms with Gasteiger partial charge in [0.15, 0.2) is 28.4 Å². The van der Waals surface area contributed by atoms with E-state index in [1.54, 1.807) is 54.5 Å². The van der Waals surface area contributed by atoms with Gasteiger partial charge in [-0.05, 0) is 47.5 Å². The van der Waals surface area contributed by atoms with E-state index in [4.69, 9.17) is 23.4 Å². The van der Waals surface area contributed by atoms with Crippen LogP contribution >= 0.6 is 0 Å². The van der Waals surface area contributed by atoms with Crippen molar-refractivity contribution in [1.82, 2.24) is 4.90 Å². The fraction of sp³-hybridized carbons (Fsp3) is 0.172. The van der Waals surface area contributed by atoms with E-state index in [1.807, 2.05) is 24.3 Å². The Morgan fingerprint density at radius 1 is 1.03 bits per heavy atom. The van der Waals surface area contributed by atoms with Crippen molar-refractivity contribution < 1.29 is 28.2 Å². The van der Waals surface area contributed by atoms with E-state index in [2.05, 4.69) is 6.58 Å². The zero-order chi connectivity index (χ0) is 25.5. The fourth-order valence-corrected chi connectivity index (χ4v) is 4.83. The van der Waals surface area contributed by atoms with Crippen LogP contribution in [0.2, 0.25) is 0 Å². The Kier molecular flexibility index (Phi) is 5.56. The average Bonchev–Trinajstić information content (AvgIpc) is 3.50. The number of rotatable bonds is 7. The molecule has 8 heteroatoms. The molecule has 0 radical (unpaired) electrons. The molecule has 1 amide bonds. The number of hydrogen-bond donors (Lipinski definition) is 0. The fourth-order valence-electron chi connectivity index (χ4n) is 4.83. The first-order valence-electron chi connectivity index (χ1n) is 11.8. The number of amides is 1. The van der Waals surface area contributed by atoms with Gasteiger partial charge in [0.1, 0.15) is 12.2 Å². The van der Waals surface area contributed by atoms with Gasteiger partial charge in [0.25, 0.3) is 5.91 Å². The molecule has 1 atom stereocenters. The van der Waals surface area contributed by atoms with Gasteiger partial charge in [0.2, 0.25) is 12.6 Å². The van der Waals surface area contributed by atoms with Crippen molar-refractivity contribution in [3.05, 3.63) is 106 Å². The molecule has 0 spiro atoms. The summed E-state index contributed by atoms with van der Waals surface area (Å²) in [6.07, 6.45) is 1.64. The third-order valence-corrected chi connectivity index (χ3v) is 6.52. The number of para-hydroxylation sites is 1. The van der Waals surface area contributed by atoms with Gasteiger partial charge >= 0.3 is 0 Å².